The van der Waals surface area contributed by atoms with E-state index in [9.17, 15) is 24.0 Å². The van der Waals surface area contributed by atoms with Crippen LogP contribution < -0.4 is 27.2 Å². The molecule has 1 aliphatic carbocycles. The average molecular weight is 575 g/mol. The van der Waals surface area contributed by atoms with Crippen LogP contribution in [-0.2, 0) is 11.3 Å². The average Bonchev–Trinajstić information content (AvgIpc) is 3.80. The van der Waals surface area contributed by atoms with Crippen LogP contribution in [0.25, 0.3) is 10.9 Å². The van der Waals surface area contributed by atoms with Gasteiger partial charge in [0.05, 0.1) is 10.9 Å². The molecule has 3 N–H and O–H groups in total. The zero-order valence-electron chi connectivity index (χ0n) is 24.3. The van der Waals surface area contributed by atoms with E-state index < -0.39 is 0 Å². The van der Waals surface area contributed by atoms with Crippen molar-refractivity contribution >= 4 is 40.1 Å². The number of hydrogen-bond acceptors (Lipinski definition) is 5. The second kappa shape index (κ2) is 12.2. The molecule has 0 unspecified atom stereocenters. The normalized spacial score (nSPS) is 16.9. The van der Waals surface area contributed by atoms with Crippen molar-refractivity contribution in [2.24, 2.45) is 5.92 Å². The molecule has 2 heterocycles. The highest BCUT2D eigenvalue weighted by Crippen LogP contribution is 2.30. The Morgan fingerprint density at radius 3 is 2.33 bits per heavy atom. The Morgan fingerprint density at radius 2 is 1.67 bits per heavy atom. The maximum atomic E-state index is 13.3. The van der Waals surface area contributed by atoms with E-state index in [1.807, 2.05) is 13.8 Å². The highest BCUT2D eigenvalue weighted by atomic mass is 16.2. The second-order valence-corrected chi connectivity index (χ2v) is 11.5. The smallest absolute Gasteiger partial charge is 0.331 e. The molecule has 2 aliphatic rings. The Morgan fingerprint density at radius 1 is 0.952 bits per heavy atom. The molecule has 11 nitrogen and oxygen atoms in total. The van der Waals surface area contributed by atoms with E-state index in [2.05, 4.69) is 16.0 Å². The molecule has 0 radical (unpaired) electrons. The maximum absolute atomic E-state index is 13.3. The standard InChI is InChI=1S/C31H38N6O5/c1-4-27(38)32-22-11-9-21(10-12-22)28(39)33-24-6-5-15-35(18-24)30(41)34-23-13-14-26-25(16-23)29(40)36(17-20-7-8-20)31(42)37(26)19(2)3/h9-14,16,19-20,24H,4-8,15,17-18H2,1-3H3,(H,32,38)(H,33,39)(H,34,41)/t24-/m1/s1. The minimum absolute atomic E-state index is 0.0991. The quantitative estimate of drug-likeness (QED) is 0.375. The Balaban J connectivity index is 1.26. The number of rotatable bonds is 8. The first-order valence-electron chi connectivity index (χ1n) is 14.7. The topological polar surface area (TPSA) is 135 Å². The molecule has 1 saturated carbocycles. The van der Waals surface area contributed by atoms with Crippen molar-refractivity contribution in [3.8, 4) is 0 Å². The van der Waals surface area contributed by atoms with Gasteiger partial charge in [0.15, 0.2) is 0 Å². The highest BCUT2D eigenvalue weighted by Gasteiger charge is 2.27. The van der Waals surface area contributed by atoms with Gasteiger partial charge in [-0.3, -0.25) is 23.5 Å². The Labute approximate surface area is 243 Å². The van der Waals surface area contributed by atoms with Gasteiger partial charge in [-0.05, 0) is 87.9 Å². The molecule has 4 amide bonds. The van der Waals surface area contributed by atoms with Gasteiger partial charge in [0.1, 0.15) is 0 Å². The predicted octanol–water partition coefficient (Wildman–Crippen LogP) is 3.93. The third-order valence-electron chi connectivity index (χ3n) is 7.87. The van der Waals surface area contributed by atoms with Gasteiger partial charge in [-0.25, -0.2) is 9.59 Å². The van der Waals surface area contributed by atoms with Crippen molar-refractivity contribution in [3.63, 3.8) is 0 Å². The molecule has 0 bridgehead atoms. The number of urea groups is 1. The molecule has 2 aromatic carbocycles. The number of aromatic nitrogens is 2. The Kier molecular flexibility index (Phi) is 8.46. The molecule has 1 saturated heterocycles. The first-order valence-corrected chi connectivity index (χ1v) is 14.7. The Hall–Kier alpha value is -4.41. The lowest BCUT2D eigenvalue weighted by molar-refractivity contribution is -0.115. The largest absolute Gasteiger partial charge is 0.348 e. The minimum Gasteiger partial charge on any atom is -0.348 e. The van der Waals surface area contributed by atoms with Crippen LogP contribution in [0.3, 0.4) is 0 Å². The summed E-state index contributed by atoms with van der Waals surface area (Å²) in [5.74, 6) is 0.0125. The van der Waals surface area contributed by atoms with Crippen LogP contribution in [0.15, 0.2) is 52.1 Å². The second-order valence-electron chi connectivity index (χ2n) is 11.5. The number of likely N-dealkylation sites (tertiary alicyclic amines) is 1. The van der Waals surface area contributed by atoms with Gasteiger partial charge in [0.2, 0.25) is 5.91 Å². The fourth-order valence-corrected chi connectivity index (χ4v) is 5.38. The SMILES string of the molecule is CCC(=O)Nc1ccc(C(=O)N[C@@H]2CCCN(C(=O)Nc3ccc4c(c3)c(=O)n(CC3CC3)c(=O)n4C(C)C)C2)cc1. The van der Waals surface area contributed by atoms with Crippen molar-refractivity contribution in [1.29, 1.82) is 0 Å². The van der Waals surface area contributed by atoms with Gasteiger partial charge >= 0.3 is 11.7 Å². The van der Waals surface area contributed by atoms with Crippen LogP contribution in [0.2, 0.25) is 0 Å². The van der Waals surface area contributed by atoms with Crippen LogP contribution in [0.5, 0.6) is 0 Å². The number of amides is 4. The molecular weight excluding hydrogens is 536 g/mol. The summed E-state index contributed by atoms with van der Waals surface area (Å²) < 4.78 is 2.97. The zero-order valence-corrected chi connectivity index (χ0v) is 24.3. The molecule has 1 aliphatic heterocycles. The van der Waals surface area contributed by atoms with Gasteiger partial charge in [-0.1, -0.05) is 6.92 Å². The van der Waals surface area contributed by atoms with Crippen LogP contribution >= 0.6 is 0 Å². The molecule has 222 valence electrons. The van der Waals surface area contributed by atoms with Crippen molar-refractivity contribution < 1.29 is 14.4 Å². The van der Waals surface area contributed by atoms with Crippen LogP contribution in [0.4, 0.5) is 16.2 Å². The van der Waals surface area contributed by atoms with Crippen molar-refractivity contribution in [1.82, 2.24) is 19.4 Å². The molecule has 2 fully saturated rings. The van der Waals surface area contributed by atoms with E-state index in [0.717, 1.165) is 25.7 Å². The monoisotopic (exact) mass is 574 g/mol. The number of hydrogen-bond donors (Lipinski definition) is 3. The van der Waals surface area contributed by atoms with Crippen molar-refractivity contribution in [2.45, 2.75) is 71.5 Å². The van der Waals surface area contributed by atoms with E-state index in [-0.39, 0.29) is 41.2 Å². The molecule has 1 atom stereocenters. The number of nitrogens with one attached hydrogen (secondary N) is 3. The third kappa shape index (κ3) is 6.40. The van der Waals surface area contributed by atoms with Gasteiger partial charge in [-0.15, -0.1) is 0 Å². The number of carbonyl (C=O) groups excluding carboxylic acids is 3. The van der Waals surface area contributed by atoms with E-state index in [1.165, 1.54) is 4.57 Å². The van der Waals surface area contributed by atoms with E-state index in [4.69, 9.17) is 0 Å². The summed E-state index contributed by atoms with van der Waals surface area (Å²) in [5, 5.41) is 9.07. The van der Waals surface area contributed by atoms with Crippen LogP contribution in [-0.4, -0.2) is 51.0 Å². The maximum Gasteiger partial charge on any atom is 0.331 e. The molecular formula is C31H38N6O5. The first kappa shape index (κ1) is 29.1. The van der Waals surface area contributed by atoms with Gasteiger partial charge < -0.3 is 20.9 Å². The molecule has 3 aromatic rings. The summed E-state index contributed by atoms with van der Waals surface area (Å²) in [6.45, 7) is 6.89. The summed E-state index contributed by atoms with van der Waals surface area (Å²) in [5.41, 5.74) is 1.48. The zero-order chi connectivity index (χ0) is 30.0. The van der Waals surface area contributed by atoms with Crippen LogP contribution in [0.1, 0.15) is 69.3 Å². The summed E-state index contributed by atoms with van der Waals surface area (Å²) in [6.07, 6.45) is 3.87. The third-order valence-corrected chi connectivity index (χ3v) is 7.87. The lowest BCUT2D eigenvalue weighted by Crippen LogP contribution is -2.50. The number of piperidine rings is 1. The fraction of sp³-hybridized carbons (Fsp3) is 0.452. The van der Waals surface area contributed by atoms with Crippen molar-refractivity contribution in [3.05, 3.63) is 68.9 Å². The number of nitrogens with zero attached hydrogens (tertiary/aromatic N) is 3. The van der Waals surface area contributed by atoms with Crippen molar-refractivity contribution in [2.75, 3.05) is 23.7 Å². The number of carbonyl (C=O) groups is 3. The molecule has 42 heavy (non-hydrogen) atoms. The molecule has 0 spiro atoms. The van der Waals surface area contributed by atoms with E-state index in [1.54, 1.807) is 58.9 Å². The summed E-state index contributed by atoms with van der Waals surface area (Å²) in [4.78, 5) is 65.8. The van der Waals surface area contributed by atoms with Gasteiger partial charge in [0.25, 0.3) is 11.5 Å². The van der Waals surface area contributed by atoms with E-state index >= 15 is 0 Å². The number of benzene rings is 2. The lowest BCUT2D eigenvalue weighted by atomic mass is 10.1. The van der Waals surface area contributed by atoms with Gasteiger partial charge in [-0.2, -0.15) is 0 Å². The lowest BCUT2D eigenvalue weighted by Gasteiger charge is -2.33. The first-order chi connectivity index (χ1) is 20.1. The fourth-order valence-electron chi connectivity index (χ4n) is 5.38. The predicted molar refractivity (Wildman–Crippen MR) is 162 cm³/mol. The summed E-state index contributed by atoms with van der Waals surface area (Å²) in [6, 6.07) is 11.1. The minimum atomic E-state index is -0.337. The van der Waals surface area contributed by atoms with Gasteiger partial charge in [0, 0.05) is 55.1 Å². The molecule has 1 aromatic heterocycles. The Bertz CT molecular complexity index is 1620. The highest BCUT2D eigenvalue weighted by molar-refractivity contribution is 5.96. The van der Waals surface area contributed by atoms with E-state index in [0.29, 0.717) is 59.8 Å². The summed E-state index contributed by atoms with van der Waals surface area (Å²) >= 11 is 0. The van der Waals surface area contributed by atoms with Crippen LogP contribution in [0, 0.1) is 5.92 Å². The number of anilines is 2. The number of fused-ring (bicyclic) bond motifs is 1. The summed E-state index contributed by atoms with van der Waals surface area (Å²) in [7, 11) is 0. The molecule has 11 heteroatoms. The molecule has 5 rings (SSSR count).